The van der Waals surface area contributed by atoms with Gasteiger partial charge in [0.15, 0.2) is 17.5 Å². The topological polar surface area (TPSA) is 0 Å². The molecule has 1 aromatic rings. The highest BCUT2D eigenvalue weighted by Crippen LogP contribution is 2.32. The van der Waals surface area contributed by atoms with E-state index >= 15 is 0 Å². The third kappa shape index (κ3) is 1.65. The fourth-order valence-electron chi connectivity index (χ4n) is 0.578. The summed E-state index contributed by atoms with van der Waals surface area (Å²) in [5.41, 5.74) is 0. The Morgan fingerprint density at radius 3 is 1.50 bits per heavy atom. The second-order valence-electron chi connectivity index (χ2n) is 1.88. The molecule has 0 amide bonds. The average molecular weight is 416 g/mol. The van der Waals surface area contributed by atoms with Crippen LogP contribution in [0.2, 0.25) is 0 Å². The highest BCUT2D eigenvalue weighted by atomic mass is 127. The van der Waals surface area contributed by atoms with Crippen LogP contribution in [0.3, 0.4) is 0 Å². The molecule has 0 saturated carbocycles. The molecule has 0 nitrogen and oxygen atoms in total. The molecule has 1 aromatic carbocycles. The second kappa shape index (κ2) is 3.83. The van der Waals surface area contributed by atoms with E-state index in [1.165, 1.54) is 22.6 Å². The minimum absolute atomic E-state index is 0.243. The maximum Gasteiger partial charge on any atom is 0.157 e. The Balaban J connectivity index is 3.60. The molecule has 0 aliphatic rings. The van der Waals surface area contributed by atoms with E-state index in [2.05, 4.69) is 31.9 Å². The van der Waals surface area contributed by atoms with Crippen molar-refractivity contribution in [2.75, 3.05) is 0 Å². The molecule has 0 N–H and O–H groups in total. The first-order valence-corrected chi connectivity index (χ1v) is 5.30. The first kappa shape index (κ1) is 10.8. The third-order valence-electron chi connectivity index (χ3n) is 1.16. The molecule has 0 unspecified atom stereocenters. The van der Waals surface area contributed by atoms with Crippen molar-refractivity contribution >= 4 is 54.5 Å². The lowest BCUT2D eigenvalue weighted by Gasteiger charge is -2.03. The number of halogens is 6. The summed E-state index contributed by atoms with van der Waals surface area (Å²) in [7, 11) is 0. The zero-order valence-corrected chi connectivity index (χ0v) is 10.6. The van der Waals surface area contributed by atoms with Gasteiger partial charge < -0.3 is 0 Å². The van der Waals surface area contributed by atoms with Crippen molar-refractivity contribution in [2.24, 2.45) is 0 Å². The summed E-state index contributed by atoms with van der Waals surface area (Å²) < 4.78 is 37.6. The van der Waals surface area contributed by atoms with Crippen molar-refractivity contribution < 1.29 is 13.2 Å². The van der Waals surface area contributed by atoms with Crippen LogP contribution in [0.1, 0.15) is 0 Å². The molecule has 0 fully saturated rings. The smallest absolute Gasteiger partial charge is 0.157 e. The molecular formula is C6Br2F3I. The van der Waals surface area contributed by atoms with Crippen LogP contribution < -0.4 is 0 Å². The van der Waals surface area contributed by atoms with Crippen LogP contribution >= 0.6 is 54.5 Å². The molecule has 0 atom stereocenters. The number of hydrogen-bond acceptors (Lipinski definition) is 0. The van der Waals surface area contributed by atoms with Gasteiger partial charge in [0.05, 0.1) is 12.5 Å². The van der Waals surface area contributed by atoms with E-state index in [9.17, 15) is 13.2 Å². The minimum Gasteiger partial charge on any atom is -0.204 e. The number of hydrogen-bond donors (Lipinski definition) is 0. The Morgan fingerprint density at radius 2 is 1.17 bits per heavy atom. The zero-order valence-electron chi connectivity index (χ0n) is 5.27. The van der Waals surface area contributed by atoms with Crippen molar-refractivity contribution in [1.82, 2.24) is 0 Å². The first-order valence-electron chi connectivity index (χ1n) is 2.63. The SMILES string of the molecule is Fc1c(Br)c(F)c(I)c(F)c1Br. The van der Waals surface area contributed by atoms with Gasteiger partial charge in [-0.15, -0.1) is 0 Å². The van der Waals surface area contributed by atoms with Crippen LogP contribution in [-0.2, 0) is 0 Å². The van der Waals surface area contributed by atoms with Gasteiger partial charge in [-0.2, -0.15) is 0 Å². The minimum atomic E-state index is -0.967. The van der Waals surface area contributed by atoms with Crippen molar-refractivity contribution in [3.05, 3.63) is 30.0 Å². The Morgan fingerprint density at radius 1 is 0.833 bits per heavy atom. The fourth-order valence-corrected chi connectivity index (χ4v) is 2.92. The fraction of sp³-hybridized carbons (Fsp3) is 0. The van der Waals surface area contributed by atoms with E-state index < -0.39 is 17.5 Å². The maximum absolute atomic E-state index is 12.9. The molecule has 0 heterocycles. The second-order valence-corrected chi connectivity index (χ2v) is 4.55. The molecule has 0 aliphatic heterocycles. The van der Waals surface area contributed by atoms with Gasteiger partial charge in [-0.05, 0) is 54.5 Å². The Bertz CT molecular complexity index is 235. The lowest BCUT2D eigenvalue weighted by Crippen LogP contribution is -1.96. The van der Waals surface area contributed by atoms with Gasteiger partial charge in [0.2, 0.25) is 0 Å². The summed E-state index contributed by atoms with van der Waals surface area (Å²) in [5, 5.41) is 0. The van der Waals surface area contributed by atoms with Crippen LogP contribution in [0.4, 0.5) is 13.2 Å². The molecule has 6 heteroatoms. The molecule has 12 heavy (non-hydrogen) atoms. The summed E-state index contributed by atoms with van der Waals surface area (Å²) in [6, 6.07) is 0. The summed E-state index contributed by atoms with van der Waals surface area (Å²) in [4.78, 5) is 0. The molecule has 0 aliphatic carbocycles. The highest BCUT2D eigenvalue weighted by molar-refractivity contribution is 14.1. The van der Waals surface area contributed by atoms with E-state index in [4.69, 9.17) is 0 Å². The van der Waals surface area contributed by atoms with E-state index in [1.807, 2.05) is 0 Å². The molecule has 0 radical (unpaired) electrons. The van der Waals surface area contributed by atoms with Crippen LogP contribution in [0.5, 0.6) is 0 Å². The standard InChI is InChI=1S/C6Br2F3I/c7-1-3(9)2(8)5(11)6(12)4(1)10. The van der Waals surface area contributed by atoms with Gasteiger partial charge in [-0.25, -0.2) is 13.2 Å². The Kier molecular flexibility index (Phi) is 3.44. The van der Waals surface area contributed by atoms with E-state index in [-0.39, 0.29) is 12.5 Å². The van der Waals surface area contributed by atoms with Crippen LogP contribution in [0, 0.1) is 21.0 Å². The lowest BCUT2D eigenvalue weighted by atomic mass is 10.3. The van der Waals surface area contributed by atoms with Crippen LogP contribution in [-0.4, -0.2) is 0 Å². The van der Waals surface area contributed by atoms with Gasteiger partial charge in [0, 0.05) is 0 Å². The molecule has 0 aromatic heterocycles. The normalized spacial score (nSPS) is 10.5. The van der Waals surface area contributed by atoms with Crippen molar-refractivity contribution in [1.29, 1.82) is 0 Å². The van der Waals surface area contributed by atoms with Gasteiger partial charge in [-0.3, -0.25) is 0 Å². The van der Waals surface area contributed by atoms with Crippen molar-refractivity contribution in [3.8, 4) is 0 Å². The quantitative estimate of drug-likeness (QED) is 0.338. The summed E-state index contributed by atoms with van der Waals surface area (Å²) in [6.07, 6.45) is 0. The molecule has 1 rings (SSSR count). The Hall–Kier alpha value is 0.700. The third-order valence-corrected chi connectivity index (χ3v) is 3.50. The van der Waals surface area contributed by atoms with Gasteiger partial charge >= 0.3 is 0 Å². The van der Waals surface area contributed by atoms with Gasteiger partial charge in [0.25, 0.3) is 0 Å². The van der Waals surface area contributed by atoms with Crippen molar-refractivity contribution in [3.63, 3.8) is 0 Å². The Labute approximate surface area is 96.9 Å². The monoisotopic (exact) mass is 414 g/mol. The van der Waals surface area contributed by atoms with E-state index in [1.54, 1.807) is 0 Å². The molecular weight excluding hydrogens is 416 g/mol. The molecule has 0 saturated heterocycles. The number of rotatable bonds is 0. The maximum atomic E-state index is 12.9. The molecule has 66 valence electrons. The average Bonchev–Trinajstić information content (AvgIpc) is 2.08. The predicted molar refractivity (Wildman–Crippen MR) is 54.4 cm³/mol. The summed E-state index contributed by atoms with van der Waals surface area (Å²) in [5.74, 6) is -2.81. The largest absolute Gasteiger partial charge is 0.204 e. The van der Waals surface area contributed by atoms with E-state index in [0.29, 0.717) is 0 Å². The van der Waals surface area contributed by atoms with Gasteiger partial charge in [0.1, 0.15) is 0 Å². The molecule has 0 spiro atoms. The zero-order chi connectivity index (χ0) is 9.46. The van der Waals surface area contributed by atoms with Crippen LogP contribution in [0.15, 0.2) is 8.95 Å². The first-order chi connectivity index (χ1) is 5.46. The summed E-state index contributed by atoms with van der Waals surface area (Å²) >= 11 is 6.79. The van der Waals surface area contributed by atoms with E-state index in [0.717, 1.165) is 0 Å². The molecule has 0 bridgehead atoms. The highest BCUT2D eigenvalue weighted by Gasteiger charge is 2.20. The van der Waals surface area contributed by atoms with Crippen molar-refractivity contribution in [2.45, 2.75) is 0 Å². The number of benzene rings is 1. The lowest BCUT2D eigenvalue weighted by molar-refractivity contribution is 0.517. The van der Waals surface area contributed by atoms with Crippen LogP contribution in [0.25, 0.3) is 0 Å². The van der Waals surface area contributed by atoms with Gasteiger partial charge in [-0.1, -0.05) is 0 Å². The summed E-state index contributed by atoms with van der Waals surface area (Å²) in [6.45, 7) is 0. The predicted octanol–water partition coefficient (Wildman–Crippen LogP) is 4.23.